The fourth-order valence-electron chi connectivity index (χ4n) is 2.99. The smallest absolute Gasteiger partial charge is 0.322 e. The fourth-order valence-corrected chi connectivity index (χ4v) is 3.26. The van der Waals surface area contributed by atoms with Crippen LogP contribution >= 0.6 is 15.9 Å². The Morgan fingerprint density at radius 1 is 1.25 bits per heavy atom. The van der Waals surface area contributed by atoms with Crippen LogP contribution < -0.4 is 5.32 Å². The Balaban J connectivity index is 1.76. The Kier molecular flexibility index (Phi) is 5.66. The van der Waals surface area contributed by atoms with Crippen molar-refractivity contribution in [2.75, 3.05) is 19.6 Å². The number of piperazine rings is 1. The molecule has 0 saturated carbocycles. The van der Waals surface area contributed by atoms with E-state index in [1.165, 1.54) is 23.6 Å². The molecular weight excluding hydrogens is 368 g/mol. The van der Waals surface area contributed by atoms with Crippen LogP contribution in [0.15, 0.2) is 53.0 Å². The highest BCUT2D eigenvalue weighted by Crippen LogP contribution is 2.23. The minimum atomic E-state index is -0.259. The maximum Gasteiger partial charge on any atom is 0.322 e. The van der Waals surface area contributed by atoms with Crippen molar-refractivity contribution in [2.24, 2.45) is 0 Å². The van der Waals surface area contributed by atoms with E-state index in [2.05, 4.69) is 69.8 Å². The van der Waals surface area contributed by atoms with E-state index in [9.17, 15) is 4.79 Å². The van der Waals surface area contributed by atoms with E-state index >= 15 is 0 Å². The first-order valence-corrected chi connectivity index (χ1v) is 8.92. The molecular formula is C19H21BrN2O2. The third-order valence-corrected chi connectivity index (χ3v) is 4.65. The van der Waals surface area contributed by atoms with E-state index in [1.54, 1.807) is 0 Å². The largest absolute Gasteiger partial charge is 0.368 e. The lowest BCUT2D eigenvalue weighted by molar-refractivity contribution is -0.202. The SMILES string of the molecule is CC(=O)ON1CCNCC1Cc1cccc(-c2ccc(Br)cc2)c1. The van der Waals surface area contributed by atoms with Gasteiger partial charge in [0, 0.05) is 31.0 Å². The van der Waals surface area contributed by atoms with Gasteiger partial charge < -0.3 is 10.2 Å². The van der Waals surface area contributed by atoms with Crippen LogP contribution in [0.25, 0.3) is 11.1 Å². The summed E-state index contributed by atoms with van der Waals surface area (Å²) in [6, 6.07) is 17.0. The zero-order chi connectivity index (χ0) is 16.9. The molecule has 4 nitrogen and oxygen atoms in total. The molecule has 3 rings (SSSR count). The fraction of sp³-hybridized carbons (Fsp3) is 0.316. The molecule has 2 aromatic carbocycles. The first kappa shape index (κ1) is 17.1. The van der Waals surface area contributed by atoms with Gasteiger partial charge in [-0.05, 0) is 35.2 Å². The Morgan fingerprint density at radius 2 is 2.04 bits per heavy atom. The maximum atomic E-state index is 11.3. The Hall–Kier alpha value is -1.69. The van der Waals surface area contributed by atoms with Gasteiger partial charge in [-0.25, -0.2) is 0 Å². The number of nitrogens with zero attached hydrogens (tertiary/aromatic N) is 1. The van der Waals surface area contributed by atoms with Crippen molar-refractivity contribution in [1.82, 2.24) is 10.4 Å². The molecule has 126 valence electrons. The maximum absolute atomic E-state index is 11.3. The summed E-state index contributed by atoms with van der Waals surface area (Å²) in [6.45, 7) is 3.82. The number of hydrogen-bond donors (Lipinski definition) is 1. The molecule has 0 bridgehead atoms. The molecule has 0 spiro atoms. The van der Waals surface area contributed by atoms with Gasteiger partial charge in [-0.15, -0.1) is 5.06 Å². The molecule has 0 aliphatic carbocycles. The Bertz CT molecular complexity index is 703. The molecule has 24 heavy (non-hydrogen) atoms. The van der Waals surface area contributed by atoms with Gasteiger partial charge in [0.1, 0.15) is 0 Å². The minimum absolute atomic E-state index is 0.155. The van der Waals surface area contributed by atoms with Crippen molar-refractivity contribution in [3.63, 3.8) is 0 Å². The molecule has 2 aromatic rings. The van der Waals surface area contributed by atoms with Gasteiger partial charge in [0.2, 0.25) is 0 Å². The predicted molar refractivity (Wildman–Crippen MR) is 98.4 cm³/mol. The van der Waals surface area contributed by atoms with Crippen LogP contribution in [0, 0.1) is 0 Å². The number of benzene rings is 2. The monoisotopic (exact) mass is 388 g/mol. The minimum Gasteiger partial charge on any atom is -0.368 e. The topological polar surface area (TPSA) is 41.6 Å². The quantitative estimate of drug-likeness (QED) is 0.871. The lowest BCUT2D eigenvalue weighted by atomic mass is 9.99. The normalized spacial score (nSPS) is 18.3. The van der Waals surface area contributed by atoms with Crippen molar-refractivity contribution in [3.05, 3.63) is 58.6 Å². The number of carbonyl (C=O) groups excluding carboxylic acids is 1. The molecule has 0 aromatic heterocycles. The summed E-state index contributed by atoms with van der Waals surface area (Å²) in [5, 5.41) is 5.18. The summed E-state index contributed by atoms with van der Waals surface area (Å²) < 4.78 is 1.08. The standard InChI is InChI=1S/C19H21BrN2O2/c1-14(23)24-22-10-9-21-13-19(22)12-15-3-2-4-17(11-15)16-5-7-18(20)8-6-16/h2-8,11,19,21H,9-10,12-13H2,1H3. The highest BCUT2D eigenvalue weighted by molar-refractivity contribution is 9.10. The highest BCUT2D eigenvalue weighted by atomic mass is 79.9. The van der Waals surface area contributed by atoms with E-state index in [1.807, 2.05) is 5.06 Å². The summed E-state index contributed by atoms with van der Waals surface area (Å²) in [6.07, 6.45) is 0.838. The molecule has 1 fully saturated rings. The summed E-state index contributed by atoms with van der Waals surface area (Å²) in [4.78, 5) is 16.6. The lowest BCUT2D eigenvalue weighted by Crippen LogP contribution is -2.52. The first-order chi connectivity index (χ1) is 11.6. The zero-order valence-corrected chi connectivity index (χ0v) is 15.3. The van der Waals surface area contributed by atoms with E-state index in [0.717, 1.165) is 30.5 Å². The van der Waals surface area contributed by atoms with Crippen LogP contribution in [0.5, 0.6) is 0 Å². The average molecular weight is 389 g/mol. The van der Waals surface area contributed by atoms with Crippen LogP contribution in [-0.2, 0) is 16.1 Å². The Morgan fingerprint density at radius 3 is 2.79 bits per heavy atom. The van der Waals surface area contributed by atoms with Crippen LogP contribution in [0.4, 0.5) is 0 Å². The molecule has 1 N–H and O–H groups in total. The van der Waals surface area contributed by atoms with Gasteiger partial charge in [-0.3, -0.25) is 4.79 Å². The molecule has 1 atom stereocenters. The number of carbonyl (C=O) groups is 1. The molecule has 0 amide bonds. The number of halogens is 1. The van der Waals surface area contributed by atoms with Gasteiger partial charge in [-0.1, -0.05) is 52.3 Å². The number of hydrogen-bond acceptors (Lipinski definition) is 4. The van der Waals surface area contributed by atoms with Gasteiger partial charge in [-0.2, -0.15) is 0 Å². The predicted octanol–water partition coefficient (Wildman–Crippen LogP) is 3.41. The van der Waals surface area contributed by atoms with Crippen molar-refractivity contribution < 1.29 is 9.63 Å². The molecule has 1 unspecified atom stereocenters. The summed E-state index contributed by atoms with van der Waals surface area (Å²) in [7, 11) is 0. The number of rotatable bonds is 4. The number of hydroxylamine groups is 2. The van der Waals surface area contributed by atoms with Gasteiger partial charge in [0.25, 0.3) is 0 Å². The summed E-state index contributed by atoms with van der Waals surface area (Å²) in [5.41, 5.74) is 3.63. The Labute approximate surface area is 150 Å². The van der Waals surface area contributed by atoms with Crippen molar-refractivity contribution in [3.8, 4) is 11.1 Å². The van der Waals surface area contributed by atoms with E-state index in [4.69, 9.17) is 4.84 Å². The van der Waals surface area contributed by atoms with Gasteiger partial charge >= 0.3 is 5.97 Å². The van der Waals surface area contributed by atoms with Crippen LogP contribution in [-0.4, -0.2) is 36.7 Å². The van der Waals surface area contributed by atoms with E-state index in [-0.39, 0.29) is 12.0 Å². The second-order valence-electron chi connectivity index (χ2n) is 5.99. The molecule has 1 heterocycles. The third-order valence-electron chi connectivity index (χ3n) is 4.12. The van der Waals surface area contributed by atoms with E-state index < -0.39 is 0 Å². The molecule has 1 saturated heterocycles. The van der Waals surface area contributed by atoms with Crippen molar-refractivity contribution in [2.45, 2.75) is 19.4 Å². The van der Waals surface area contributed by atoms with Crippen LogP contribution in [0.1, 0.15) is 12.5 Å². The molecule has 1 aliphatic rings. The zero-order valence-electron chi connectivity index (χ0n) is 13.7. The summed E-state index contributed by atoms with van der Waals surface area (Å²) >= 11 is 3.47. The van der Waals surface area contributed by atoms with E-state index in [0.29, 0.717) is 0 Å². The lowest BCUT2D eigenvalue weighted by Gasteiger charge is -2.34. The molecule has 5 heteroatoms. The summed E-state index contributed by atoms with van der Waals surface area (Å²) in [5.74, 6) is -0.259. The molecule has 0 radical (unpaired) electrons. The second-order valence-corrected chi connectivity index (χ2v) is 6.91. The number of nitrogens with one attached hydrogen (secondary N) is 1. The van der Waals surface area contributed by atoms with Crippen LogP contribution in [0.2, 0.25) is 0 Å². The molecule has 1 aliphatic heterocycles. The third kappa shape index (κ3) is 4.44. The van der Waals surface area contributed by atoms with Crippen molar-refractivity contribution in [1.29, 1.82) is 0 Å². The first-order valence-electron chi connectivity index (χ1n) is 8.12. The average Bonchev–Trinajstić information content (AvgIpc) is 2.57. The van der Waals surface area contributed by atoms with Crippen LogP contribution in [0.3, 0.4) is 0 Å². The highest BCUT2D eigenvalue weighted by Gasteiger charge is 2.25. The van der Waals surface area contributed by atoms with Gasteiger partial charge in [0.15, 0.2) is 0 Å². The second kappa shape index (κ2) is 7.92. The van der Waals surface area contributed by atoms with Crippen molar-refractivity contribution >= 4 is 21.9 Å². The van der Waals surface area contributed by atoms with Gasteiger partial charge in [0.05, 0.1) is 6.04 Å².